The van der Waals surface area contributed by atoms with E-state index >= 15 is 0 Å². The third-order valence-corrected chi connectivity index (χ3v) is 5.60. The second-order valence-corrected chi connectivity index (χ2v) is 6.88. The Morgan fingerprint density at radius 1 is 1.24 bits per heavy atom. The summed E-state index contributed by atoms with van der Waals surface area (Å²) in [4.78, 5) is 2.77. The van der Waals surface area contributed by atoms with Gasteiger partial charge in [-0.15, -0.1) is 0 Å². The van der Waals surface area contributed by atoms with E-state index in [1.54, 1.807) is 6.42 Å². The Morgan fingerprint density at radius 2 is 2.12 bits per heavy atom. The van der Waals surface area contributed by atoms with Crippen LogP contribution >= 0.6 is 0 Å². The molecule has 2 nitrogen and oxygen atoms in total. The number of hydrogen-bond acceptors (Lipinski definition) is 2. The van der Waals surface area contributed by atoms with Gasteiger partial charge in [0, 0.05) is 25.7 Å². The predicted octanol–water partition coefficient (Wildman–Crippen LogP) is 2.35. The fourth-order valence-corrected chi connectivity index (χ4v) is 4.65. The minimum absolute atomic E-state index is 0.818. The van der Waals surface area contributed by atoms with E-state index < -0.39 is 0 Å². The van der Waals surface area contributed by atoms with Crippen LogP contribution in [-0.2, 0) is 0 Å². The van der Waals surface area contributed by atoms with Crippen molar-refractivity contribution < 1.29 is 0 Å². The van der Waals surface area contributed by atoms with Crippen molar-refractivity contribution in [1.29, 1.82) is 0 Å². The molecule has 0 amide bonds. The number of rotatable bonds is 2. The summed E-state index contributed by atoms with van der Waals surface area (Å²) in [7, 11) is 0. The molecule has 2 aliphatic carbocycles. The maximum absolute atomic E-state index is 3.56. The highest BCUT2D eigenvalue weighted by Crippen LogP contribution is 2.50. The first-order valence-electron chi connectivity index (χ1n) is 7.69. The van der Waals surface area contributed by atoms with Crippen LogP contribution in [0, 0.1) is 23.7 Å². The van der Waals surface area contributed by atoms with Crippen LogP contribution < -0.4 is 5.32 Å². The first-order valence-corrected chi connectivity index (χ1v) is 7.69. The van der Waals surface area contributed by atoms with E-state index in [0.29, 0.717) is 0 Å². The average molecular weight is 236 g/mol. The van der Waals surface area contributed by atoms with Crippen molar-refractivity contribution in [1.82, 2.24) is 10.2 Å². The van der Waals surface area contributed by atoms with Crippen LogP contribution in [0.4, 0.5) is 0 Å². The third kappa shape index (κ3) is 2.39. The first-order chi connectivity index (χ1) is 8.24. The van der Waals surface area contributed by atoms with E-state index in [0.717, 1.165) is 29.7 Å². The Labute approximate surface area is 106 Å². The lowest BCUT2D eigenvalue weighted by Gasteiger charge is -2.37. The molecular formula is C15H28N2. The molecule has 2 bridgehead atoms. The van der Waals surface area contributed by atoms with Crippen molar-refractivity contribution in [3.63, 3.8) is 0 Å². The molecule has 1 aliphatic heterocycles. The SMILES string of the molecule is CC1CNCCN(C(C)C2CC3CCC2C3)C1. The number of hydrogen-bond donors (Lipinski definition) is 1. The van der Waals surface area contributed by atoms with Crippen LogP contribution in [0.25, 0.3) is 0 Å². The Morgan fingerprint density at radius 3 is 2.82 bits per heavy atom. The molecule has 3 fully saturated rings. The minimum Gasteiger partial charge on any atom is -0.315 e. The Hall–Kier alpha value is -0.0800. The van der Waals surface area contributed by atoms with Gasteiger partial charge < -0.3 is 5.32 Å². The highest BCUT2D eigenvalue weighted by atomic mass is 15.2. The lowest BCUT2D eigenvalue weighted by atomic mass is 9.83. The van der Waals surface area contributed by atoms with Gasteiger partial charge in [-0.25, -0.2) is 0 Å². The molecule has 5 atom stereocenters. The van der Waals surface area contributed by atoms with Gasteiger partial charge in [0.2, 0.25) is 0 Å². The highest BCUT2D eigenvalue weighted by Gasteiger charge is 2.43. The van der Waals surface area contributed by atoms with Gasteiger partial charge in [-0.3, -0.25) is 4.90 Å². The summed E-state index contributed by atoms with van der Waals surface area (Å²) in [5.74, 6) is 3.99. The molecule has 1 saturated heterocycles. The van der Waals surface area contributed by atoms with Crippen molar-refractivity contribution in [2.75, 3.05) is 26.2 Å². The monoisotopic (exact) mass is 236 g/mol. The molecule has 17 heavy (non-hydrogen) atoms. The van der Waals surface area contributed by atoms with Crippen LogP contribution in [0.2, 0.25) is 0 Å². The summed E-state index contributed by atoms with van der Waals surface area (Å²) in [6, 6.07) is 0.827. The third-order valence-electron chi connectivity index (χ3n) is 5.60. The molecule has 5 unspecified atom stereocenters. The van der Waals surface area contributed by atoms with Crippen molar-refractivity contribution in [2.24, 2.45) is 23.7 Å². The molecule has 3 aliphatic rings. The molecule has 1 N–H and O–H groups in total. The van der Waals surface area contributed by atoms with Gasteiger partial charge in [0.25, 0.3) is 0 Å². The highest BCUT2D eigenvalue weighted by molar-refractivity contribution is 4.95. The molecule has 0 spiro atoms. The van der Waals surface area contributed by atoms with Gasteiger partial charge >= 0.3 is 0 Å². The van der Waals surface area contributed by atoms with Crippen molar-refractivity contribution in [3.8, 4) is 0 Å². The molecule has 1 heterocycles. The summed E-state index contributed by atoms with van der Waals surface area (Å²) < 4.78 is 0. The summed E-state index contributed by atoms with van der Waals surface area (Å²) >= 11 is 0. The van der Waals surface area contributed by atoms with Crippen LogP contribution in [0.3, 0.4) is 0 Å². The Kier molecular flexibility index (Phi) is 3.45. The number of fused-ring (bicyclic) bond motifs is 2. The topological polar surface area (TPSA) is 15.3 Å². The van der Waals surface area contributed by atoms with E-state index in [-0.39, 0.29) is 0 Å². The summed E-state index contributed by atoms with van der Waals surface area (Å²) in [6.07, 6.45) is 6.15. The fraction of sp³-hybridized carbons (Fsp3) is 1.00. The maximum Gasteiger partial charge on any atom is 0.0110 e. The van der Waals surface area contributed by atoms with Gasteiger partial charge in [0.1, 0.15) is 0 Å². The van der Waals surface area contributed by atoms with Crippen LogP contribution in [0.5, 0.6) is 0 Å². The normalized spacial score (nSPS) is 44.8. The quantitative estimate of drug-likeness (QED) is 0.792. The Bertz CT molecular complexity index is 266. The van der Waals surface area contributed by atoms with Gasteiger partial charge in [0.15, 0.2) is 0 Å². The first kappa shape index (κ1) is 12.0. The molecule has 98 valence electrons. The van der Waals surface area contributed by atoms with E-state index in [2.05, 4.69) is 24.1 Å². The maximum atomic E-state index is 3.56. The lowest BCUT2D eigenvalue weighted by Crippen LogP contribution is -2.43. The van der Waals surface area contributed by atoms with Gasteiger partial charge in [-0.2, -0.15) is 0 Å². The second-order valence-electron chi connectivity index (χ2n) is 6.88. The molecule has 0 aromatic heterocycles. The molecular weight excluding hydrogens is 208 g/mol. The predicted molar refractivity (Wildman–Crippen MR) is 72.0 cm³/mol. The summed E-state index contributed by atoms with van der Waals surface area (Å²) in [5.41, 5.74) is 0. The van der Waals surface area contributed by atoms with Crippen LogP contribution in [-0.4, -0.2) is 37.1 Å². The van der Waals surface area contributed by atoms with Gasteiger partial charge in [-0.1, -0.05) is 13.3 Å². The van der Waals surface area contributed by atoms with Crippen LogP contribution in [0.1, 0.15) is 39.5 Å². The molecule has 0 radical (unpaired) electrons. The summed E-state index contributed by atoms with van der Waals surface area (Å²) in [6.45, 7) is 9.86. The van der Waals surface area contributed by atoms with Crippen molar-refractivity contribution in [2.45, 2.75) is 45.6 Å². The standard InChI is InChI=1S/C15H28N2/c1-11-9-16-5-6-17(10-11)12(2)15-8-13-3-4-14(15)7-13/h11-16H,3-10H2,1-2H3. The number of nitrogens with one attached hydrogen (secondary N) is 1. The van der Waals surface area contributed by atoms with Gasteiger partial charge in [-0.05, 0) is 56.4 Å². The molecule has 2 saturated carbocycles. The van der Waals surface area contributed by atoms with E-state index in [4.69, 9.17) is 0 Å². The molecule has 0 aromatic rings. The van der Waals surface area contributed by atoms with E-state index in [1.807, 2.05) is 0 Å². The average Bonchev–Trinajstić information content (AvgIpc) is 2.88. The zero-order valence-electron chi connectivity index (χ0n) is 11.5. The van der Waals surface area contributed by atoms with Gasteiger partial charge in [0.05, 0.1) is 0 Å². The minimum atomic E-state index is 0.818. The molecule has 2 heteroatoms. The lowest BCUT2D eigenvalue weighted by molar-refractivity contribution is 0.116. The fourth-order valence-electron chi connectivity index (χ4n) is 4.65. The smallest absolute Gasteiger partial charge is 0.0110 e. The van der Waals surface area contributed by atoms with E-state index in [9.17, 15) is 0 Å². The van der Waals surface area contributed by atoms with Crippen LogP contribution in [0.15, 0.2) is 0 Å². The molecule has 3 rings (SSSR count). The zero-order chi connectivity index (χ0) is 11.8. The summed E-state index contributed by atoms with van der Waals surface area (Å²) in [5, 5.41) is 3.56. The second kappa shape index (κ2) is 4.89. The number of nitrogens with zero attached hydrogens (tertiary/aromatic N) is 1. The van der Waals surface area contributed by atoms with Crippen molar-refractivity contribution in [3.05, 3.63) is 0 Å². The van der Waals surface area contributed by atoms with E-state index in [1.165, 1.54) is 45.4 Å². The van der Waals surface area contributed by atoms with Crippen molar-refractivity contribution >= 4 is 0 Å². The Balaban J connectivity index is 1.62. The molecule has 0 aromatic carbocycles. The zero-order valence-corrected chi connectivity index (χ0v) is 11.5. The largest absolute Gasteiger partial charge is 0.315 e.